The Labute approximate surface area is 136 Å². The van der Waals surface area contributed by atoms with Crippen LogP contribution in [-0.2, 0) is 6.54 Å². The van der Waals surface area contributed by atoms with Gasteiger partial charge in [-0.1, -0.05) is 5.16 Å². The quantitative estimate of drug-likeness (QED) is 0.376. The third-order valence-electron chi connectivity index (χ3n) is 3.07. The third kappa shape index (κ3) is 3.54. The normalized spacial score (nSPS) is 11.7. The van der Waals surface area contributed by atoms with Crippen LogP contribution in [0.3, 0.4) is 0 Å². The molecule has 0 amide bonds. The summed E-state index contributed by atoms with van der Waals surface area (Å²) < 4.78 is 1.07. The lowest BCUT2D eigenvalue weighted by Gasteiger charge is -2.22. The van der Waals surface area contributed by atoms with Crippen molar-refractivity contribution in [2.75, 3.05) is 11.9 Å². The van der Waals surface area contributed by atoms with E-state index in [0.29, 0.717) is 17.9 Å². The first kappa shape index (κ1) is 15.8. The smallest absolute Gasteiger partial charge is 0.174 e. The van der Waals surface area contributed by atoms with Gasteiger partial charge in [0, 0.05) is 27.5 Å². The highest BCUT2D eigenvalue weighted by Crippen LogP contribution is 2.26. The number of aromatic nitrogens is 1. The number of rotatable bonds is 4. The van der Waals surface area contributed by atoms with E-state index >= 15 is 0 Å². The zero-order valence-electron chi connectivity index (χ0n) is 12.1. The molecule has 0 radical (unpaired) electrons. The number of nitrogens with two attached hydrogens (primary N) is 1. The number of hydrogen-bond donors (Lipinski definition) is 2. The van der Waals surface area contributed by atoms with Crippen LogP contribution in [0, 0.1) is 13.8 Å². The second kappa shape index (κ2) is 6.44. The maximum absolute atomic E-state index is 8.99. The lowest BCUT2D eigenvalue weighted by atomic mass is 10.1. The fraction of sp³-hybridized carbons (Fsp3) is 0.286. The van der Waals surface area contributed by atoms with Gasteiger partial charge >= 0.3 is 0 Å². The lowest BCUT2D eigenvalue weighted by Crippen LogP contribution is -2.25. The van der Waals surface area contributed by atoms with Crippen molar-refractivity contribution >= 4 is 38.9 Å². The number of nitrogens with zero attached hydrogens (tertiary/aromatic N) is 3. The lowest BCUT2D eigenvalue weighted by molar-refractivity contribution is 0.318. The van der Waals surface area contributed by atoms with Crippen LogP contribution in [0.1, 0.15) is 21.7 Å². The molecule has 3 N–H and O–H groups in total. The van der Waals surface area contributed by atoms with Crippen LogP contribution < -0.4 is 10.6 Å². The molecule has 0 aromatic carbocycles. The molecule has 2 heterocycles. The minimum Gasteiger partial charge on any atom is -0.409 e. The van der Waals surface area contributed by atoms with Gasteiger partial charge in [-0.05, 0) is 47.5 Å². The summed E-state index contributed by atoms with van der Waals surface area (Å²) in [5, 5.41) is 14.2. The van der Waals surface area contributed by atoms with Gasteiger partial charge in [-0.25, -0.2) is 4.98 Å². The van der Waals surface area contributed by atoms with Crippen molar-refractivity contribution < 1.29 is 5.21 Å². The fourth-order valence-electron chi connectivity index (χ4n) is 2.21. The highest BCUT2D eigenvalue weighted by Gasteiger charge is 2.17. The molecule has 0 bridgehead atoms. The number of anilines is 1. The minimum absolute atomic E-state index is 0.0780. The molecule has 5 nitrogen and oxygen atoms in total. The number of amidine groups is 1. The van der Waals surface area contributed by atoms with Gasteiger partial charge in [0.2, 0.25) is 0 Å². The van der Waals surface area contributed by atoms with Crippen LogP contribution in [0.15, 0.2) is 27.1 Å². The van der Waals surface area contributed by atoms with Crippen molar-refractivity contribution in [2.45, 2.75) is 20.4 Å². The van der Waals surface area contributed by atoms with E-state index in [1.54, 1.807) is 11.3 Å². The minimum atomic E-state index is 0.0780. The molecule has 2 rings (SSSR count). The average molecular weight is 369 g/mol. The third-order valence-corrected chi connectivity index (χ3v) is 4.75. The van der Waals surface area contributed by atoms with Gasteiger partial charge in [0.25, 0.3) is 0 Å². The number of thiophene rings is 1. The van der Waals surface area contributed by atoms with Crippen molar-refractivity contribution in [3.05, 3.63) is 43.7 Å². The number of oxime groups is 1. The molecule has 0 saturated heterocycles. The molecular weight excluding hydrogens is 352 g/mol. The first-order valence-corrected chi connectivity index (χ1v) is 7.99. The van der Waals surface area contributed by atoms with Crippen LogP contribution in [0.2, 0.25) is 0 Å². The van der Waals surface area contributed by atoms with Gasteiger partial charge in [0.15, 0.2) is 5.84 Å². The van der Waals surface area contributed by atoms with Gasteiger partial charge in [0.1, 0.15) is 5.82 Å². The van der Waals surface area contributed by atoms with Crippen molar-refractivity contribution in [2.24, 2.45) is 10.9 Å². The van der Waals surface area contributed by atoms with Crippen molar-refractivity contribution in [3.63, 3.8) is 0 Å². The molecule has 0 spiro atoms. The number of pyridine rings is 1. The van der Waals surface area contributed by atoms with Crippen LogP contribution in [0.5, 0.6) is 0 Å². The van der Waals surface area contributed by atoms with Gasteiger partial charge in [0.05, 0.1) is 12.1 Å². The Bertz CT molecular complexity index is 684. The standard InChI is InChI=1S/C14H17BrN4OS/c1-8-4-9(2)17-14(12(8)13(16)18-20)19(3)6-11-5-10(15)7-21-11/h4-5,7,20H,6H2,1-3H3,(H2,16,18). The molecule has 112 valence electrons. The van der Waals surface area contributed by atoms with Gasteiger partial charge < -0.3 is 15.8 Å². The monoisotopic (exact) mass is 368 g/mol. The predicted octanol–water partition coefficient (Wildman–Crippen LogP) is 3.25. The molecule has 2 aromatic heterocycles. The molecule has 2 aromatic rings. The maximum atomic E-state index is 8.99. The highest BCUT2D eigenvalue weighted by atomic mass is 79.9. The number of hydrogen-bond acceptors (Lipinski definition) is 5. The molecule has 21 heavy (non-hydrogen) atoms. The first-order chi connectivity index (χ1) is 9.92. The first-order valence-electron chi connectivity index (χ1n) is 6.32. The van der Waals surface area contributed by atoms with E-state index in [1.165, 1.54) is 4.88 Å². The Balaban J connectivity index is 2.41. The summed E-state index contributed by atoms with van der Waals surface area (Å²) in [5.74, 6) is 0.793. The van der Waals surface area contributed by atoms with Crippen molar-refractivity contribution in [1.29, 1.82) is 0 Å². The van der Waals surface area contributed by atoms with Crippen molar-refractivity contribution in [1.82, 2.24) is 4.98 Å². The second-order valence-electron chi connectivity index (χ2n) is 4.85. The van der Waals surface area contributed by atoms with Gasteiger partial charge in [-0.3, -0.25) is 0 Å². The number of halogens is 1. The Morgan fingerprint density at radius 1 is 1.48 bits per heavy atom. The maximum Gasteiger partial charge on any atom is 0.174 e. The molecule has 0 atom stereocenters. The Morgan fingerprint density at radius 3 is 2.76 bits per heavy atom. The van der Waals surface area contributed by atoms with E-state index in [2.05, 4.69) is 32.1 Å². The molecule has 0 aliphatic carbocycles. The summed E-state index contributed by atoms with van der Waals surface area (Å²) in [5.41, 5.74) is 8.31. The van der Waals surface area contributed by atoms with Crippen LogP contribution in [0.4, 0.5) is 5.82 Å². The van der Waals surface area contributed by atoms with Gasteiger partial charge in [-0.15, -0.1) is 11.3 Å². The van der Waals surface area contributed by atoms with E-state index in [1.807, 2.05) is 37.2 Å². The van der Waals surface area contributed by atoms with E-state index in [0.717, 1.165) is 15.7 Å². The van der Waals surface area contributed by atoms with Gasteiger partial charge in [-0.2, -0.15) is 0 Å². The molecule has 7 heteroatoms. The molecular formula is C14H17BrN4OS. The van der Waals surface area contributed by atoms with Crippen LogP contribution in [-0.4, -0.2) is 23.1 Å². The molecule has 0 unspecified atom stereocenters. The summed E-state index contributed by atoms with van der Waals surface area (Å²) in [6.45, 7) is 4.57. The van der Waals surface area contributed by atoms with E-state index in [-0.39, 0.29) is 5.84 Å². The SMILES string of the molecule is Cc1cc(C)c(C(N)=NO)c(N(C)Cc2cc(Br)cs2)n1. The van der Waals surface area contributed by atoms with Crippen LogP contribution >= 0.6 is 27.3 Å². The van der Waals surface area contributed by atoms with E-state index in [4.69, 9.17) is 10.9 Å². The molecule has 0 aliphatic heterocycles. The zero-order chi connectivity index (χ0) is 15.6. The topological polar surface area (TPSA) is 74.7 Å². The van der Waals surface area contributed by atoms with Crippen molar-refractivity contribution in [3.8, 4) is 0 Å². The summed E-state index contributed by atoms with van der Waals surface area (Å²) in [6, 6.07) is 4.00. The summed E-state index contributed by atoms with van der Waals surface area (Å²) in [4.78, 5) is 7.76. The second-order valence-corrected chi connectivity index (χ2v) is 6.76. The summed E-state index contributed by atoms with van der Waals surface area (Å²) in [6.07, 6.45) is 0. The Kier molecular flexibility index (Phi) is 4.84. The Morgan fingerprint density at radius 2 is 2.19 bits per heavy atom. The Hall–Kier alpha value is -1.60. The highest BCUT2D eigenvalue weighted by molar-refractivity contribution is 9.10. The predicted molar refractivity (Wildman–Crippen MR) is 90.3 cm³/mol. The molecule has 0 aliphatic rings. The number of aryl methyl sites for hydroxylation is 2. The largest absolute Gasteiger partial charge is 0.409 e. The average Bonchev–Trinajstić information content (AvgIpc) is 2.82. The van der Waals surface area contributed by atoms with Crippen LogP contribution in [0.25, 0.3) is 0 Å². The summed E-state index contributed by atoms with van der Waals surface area (Å²) in [7, 11) is 1.95. The zero-order valence-corrected chi connectivity index (χ0v) is 14.5. The molecule has 0 saturated carbocycles. The van der Waals surface area contributed by atoms with E-state index in [9.17, 15) is 0 Å². The van der Waals surface area contributed by atoms with E-state index < -0.39 is 0 Å². The summed E-state index contributed by atoms with van der Waals surface area (Å²) >= 11 is 5.13. The fourth-order valence-corrected chi connectivity index (χ4v) is 3.71. The molecule has 0 fully saturated rings.